The van der Waals surface area contributed by atoms with Gasteiger partial charge in [0.25, 0.3) is 0 Å². The summed E-state index contributed by atoms with van der Waals surface area (Å²) in [6.07, 6.45) is 0. The van der Waals surface area contributed by atoms with Crippen molar-refractivity contribution in [3.63, 3.8) is 0 Å². The molecule has 0 aliphatic rings. The van der Waals surface area contributed by atoms with E-state index in [1.165, 1.54) is 71.1 Å². The van der Waals surface area contributed by atoms with Gasteiger partial charge in [0.05, 0.1) is 11.2 Å². The van der Waals surface area contributed by atoms with Gasteiger partial charge in [-0.05, 0) is 77.2 Å². The second kappa shape index (κ2) is 11.5. The zero-order valence-electron chi connectivity index (χ0n) is 27.3. The Kier molecular flexibility index (Phi) is 6.57. The van der Waals surface area contributed by atoms with Crippen LogP contribution < -0.4 is 0 Å². The van der Waals surface area contributed by atoms with Gasteiger partial charge in [0, 0.05) is 16.3 Å². The van der Waals surface area contributed by atoms with Crippen LogP contribution in [0.5, 0.6) is 0 Å². The van der Waals surface area contributed by atoms with Gasteiger partial charge in [0.1, 0.15) is 0 Å². The van der Waals surface area contributed by atoms with E-state index in [2.05, 4.69) is 188 Å². The quantitative estimate of drug-likeness (QED) is 0.176. The second-order valence-corrected chi connectivity index (χ2v) is 13.0. The van der Waals surface area contributed by atoms with Crippen molar-refractivity contribution < 1.29 is 0 Å². The minimum absolute atomic E-state index is 0.973. The molecule has 0 bridgehead atoms. The average Bonchev–Trinajstić information content (AvgIpc) is 3.19. The van der Waals surface area contributed by atoms with Gasteiger partial charge >= 0.3 is 0 Å². The predicted molar refractivity (Wildman–Crippen MR) is 214 cm³/mol. The molecule has 0 saturated heterocycles. The van der Waals surface area contributed by atoms with E-state index in [4.69, 9.17) is 4.98 Å². The molecule has 0 amide bonds. The van der Waals surface area contributed by atoms with E-state index >= 15 is 0 Å². The number of rotatable bonds is 4. The van der Waals surface area contributed by atoms with Crippen molar-refractivity contribution >= 4 is 54.0 Å². The molecule has 9 aromatic carbocycles. The molecule has 0 radical (unpaired) electrons. The molecule has 0 unspecified atom stereocenters. The molecule has 0 N–H and O–H groups in total. The van der Waals surface area contributed by atoms with Crippen LogP contribution in [0.4, 0.5) is 0 Å². The van der Waals surface area contributed by atoms with Crippen LogP contribution >= 0.6 is 0 Å². The molecule has 1 nitrogen and oxygen atoms in total. The van der Waals surface area contributed by atoms with Crippen LogP contribution in [0.2, 0.25) is 0 Å². The van der Waals surface area contributed by atoms with Gasteiger partial charge in [-0.15, -0.1) is 0 Å². The van der Waals surface area contributed by atoms with Gasteiger partial charge < -0.3 is 0 Å². The predicted octanol–water partition coefficient (Wildman–Crippen LogP) is 13.5. The van der Waals surface area contributed by atoms with Gasteiger partial charge in [0.2, 0.25) is 0 Å². The molecule has 0 aliphatic carbocycles. The van der Waals surface area contributed by atoms with Crippen molar-refractivity contribution in [3.8, 4) is 44.6 Å². The fourth-order valence-electron chi connectivity index (χ4n) is 7.95. The number of nitrogens with zero attached hydrogens (tertiary/aromatic N) is 1. The topological polar surface area (TPSA) is 12.9 Å². The first-order valence-electron chi connectivity index (χ1n) is 17.2. The van der Waals surface area contributed by atoms with E-state index in [1.807, 2.05) is 0 Å². The summed E-state index contributed by atoms with van der Waals surface area (Å²) in [5, 5.41) is 11.0. The van der Waals surface area contributed by atoms with Gasteiger partial charge in [-0.3, -0.25) is 0 Å². The first kappa shape index (κ1) is 28.4. The van der Waals surface area contributed by atoms with Crippen LogP contribution in [0.1, 0.15) is 0 Å². The first-order chi connectivity index (χ1) is 24.8. The van der Waals surface area contributed by atoms with Gasteiger partial charge in [-0.25, -0.2) is 4.98 Å². The molecule has 1 heteroatoms. The molecule has 10 aromatic rings. The molecule has 50 heavy (non-hydrogen) atoms. The lowest BCUT2D eigenvalue weighted by molar-refractivity contribution is 1.41. The molecular formula is C49H31N. The summed E-state index contributed by atoms with van der Waals surface area (Å²) in [5.41, 5.74) is 10.4. The maximum Gasteiger partial charge on any atom is 0.0794 e. The molecule has 10 rings (SSSR count). The van der Waals surface area contributed by atoms with Crippen LogP contribution in [0.25, 0.3) is 98.6 Å². The molecule has 232 valence electrons. The molecule has 1 heterocycles. The van der Waals surface area contributed by atoms with Gasteiger partial charge in [-0.1, -0.05) is 182 Å². The number of benzene rings is 9. The highest BCUT2D eigenvalue weighted by Crippen LogP contribution is 2.46. The third kappa shape index (κ3) is 4.52. The summed E-state index contributed by atoms with van der Waals surface area (Å²) in [6.45, 7) is 0. The van der Waals surface area contributed by atoms with E-state index in [9.17, 15) is 0 Å². The standard InChI is InChI=1S/C49H31N/c1-2-16-35(17-3-1)47-31-46(45-28-27-34-15-6-9-22-38(34)49(45)50-47)41-29-30-44(40-24-11-19-33-14-5-8-21-37(33)40)48-42(25-12-26-43(41)48)39-23-10-18-32-13-4-7-20-36(32)39/h1-31H. The number of pyridine rings is 1. The molecular weight excluding hydrogens is 603 g/mol. The van der Waals surface area contributed by atoms with Gasteiger partial charge in [-0.2, -0.15) is 0 Å². The van der Waals surface area contributed by atoms with Crippen molar-refractivity contribution in [1.82, 2.24) is 4.98 Å². The molecule has 1 aromatic heterocycles. The van der Waals surface area contributed by atoms with Gasteiger partial charge in [0.15, 0.2) is 0 Å². The number of fused-ring (bicyclic) bond motifs is 6. The third-order valence-electron chi connectivity index (χ3n) is 10.3. The fourth-order valence-corrected chi connectivity index (χ4v) is 7.95. The Balaban J connectivity index is 1.35. The lowest BCUT2D eigenvalue weighted by Gasteiger charge is -2.19. The monoisotopic (exact) mass is 633 g/mol. The van der Waals surface area contributed by atoms with Crippen molar-refractivity contribution in [2.24, 2.45) is 0 Å². The Morgan fingerprint density at radius 1 is 0.280 bits per heavy atom. The Bertz CT molecular complexity index is 2820. The Morgan fingerprint density at radius 3 is 1.46 bits per heavy atom. The van der Waals surface area contributed by atoms with Crippen molar-refractivity contribution in [2.45, 2.75) is 0 Å². The van der Waals surface area contributed by atoms with E-state index in [0.717, 1.165) is 27.5 Å². The maximum absolute atomic E-state index is 5.34. The SMILES string of the molecule is c1ccc(-c2cc(-c3ccc(-c4cccc5ccccc45)c4c(-c5cccc6ccccc56)cccc34)c3ccc4ccccc4c3n2)cc1. The first-order valence-corrected chi connectivity index (χ1v) is 17.2. The summed E-state index contributed by atoms with van der Waals surface area (Å²) in [4.78, 5) is 5.34. The van der Waals surface area contributed by atoms with Crippen LogP contribution in [0, 0.1) is 0 Å². The average molecular weight is 634 g/mol. The van der Waals surface area contributed by atoms with Crippen LogP contribution in [-0.2, 0) is 0 Å². The summed E-state index contributed by atoms with van der Waals surface area (Å²) in [5.74, 6) is 0. The normalized spacial score (nSPS) is 11.6. The summed E-state index contributed by atoms with van der Waals surface area (Å²) >= 11 is 0. The smallest absolute Gasteiger partial charge is 0.0794 e. The largest absolute Gasteiger partial charge is 0.247 e. The number of aromatic nitrogens is 1. The van der Waals surface area contributed by atoms with E-state index in [0.29, 0.717) is 0 Å². The van der Waals surface area contributed by atoms with Crippen molar-refractivity contribution in [2.75, 3.05) is 0 Å². The highest BCUT2D eigenvalue weighted by Gasteiger charge is 2.19. The van der Waals surface area contributed by atoms with E-state index in [-0.39, 0.29) is 0 Å². The summed E-state index contributed by atoms with van der Waals surface area (Å²) < 4.78 is 0. The van der Waals surface area contributed by atoms with Crippen LogP contribution in [0.15, 0.2) is 188 Å². The van der Waals surface area contributed by atoms with E-state index in [1.54, 1.807) is 0 Å². The van der Waals surface area contributed by atoms with Crippen molar-refractivity contribution in [1.29, 1.82) is 0 Å². The lowest BCUT2D eigenvalue weighted by Crippen LogP contribution is -1.94. The summed E-state index contributed by atoms with van der Waals surface area (Å²) in [7, 11) is 0. The van der Waals surface area contributed by atoms with Crippen LogP contribution in [-0.4, -0.2) is 4.98 Å². The Labute approximate surface area is 290 Å². The number of hydrogen-bond acceptors (Lipinski definition) is 1. The fraction of sp³-hybridized carbons (Fsp3) is 0. The third-order valence-corrected chi connectivity index (χ3v) is 10.3. The minimum atomic E-state index is 0.973. The number of hydrogen-bond donors (Lipinski definition) is 0. The van der Waals surface area contributed by atoms with E-state index < -0.39 is 0 Å². The zero-order chi connectivity index (χ0) is 33.0. The second-order valence-electron chi connectivity index (χ2n) is 13.0. The highest BCUT2D eigenvalue weighted by atomic mass is 14.7. The Hall–Kier alpha value is -6.57. The van der Waals surface area contributed by atoms with Crippen LogP contribution in [0.3, 0.4) is 0 Å². The molecule has 0 saturated carbocycles. The Morgan fingerprint density at radius 2 is 0.760 bits per heavy atom. The minimum Gasteiger partial charge on any atom is -0.247 e. The highest BCUT2D eigenvalue weighted by molar-refractivity contribution is 6.20. The summed E-state index contributed by atoms with van der Waals surface area (Å²) in [6, 6.07) is 68.3. The molecule has 0 atom stereocenters. The molecule has 0 fully saturated rings. The lowest BCUT2D eigenvalue weighted by atomic mass is 9.84. The molecule has 0 spiro atoms. The van der Waals surface area contributed by atoms with Crippen molar-refractivity contribution in [3.05, 3.63) is 188 Å². The zero-order valence-corrected chi connectivity index (χ0v) is 27.3. The molecule has 0 aliphatic heterocycles. The maximum atomic E-state index is 5.34.